The molecule has 6 nitrogen and oxygen atoms in total. The minimum atomic E-state index is -0.613. The first-order valence-electron chi connectivity index (χ1n) is 8.98. The Hall–Kier alpha value is -3.58. The van der Waals surface area contributed by atoms with Gasteiger partial charge in [0.2, 0.25) is 5.76 Å². The first kappa shape index (κ1) is 19.7. The van der Waals surface area contributed by atoms with E-state index in [1.165, 1.54) is 0 Å². The van der Waals surface area contributed by atoms with Gasteiger partial charge < -0.3 is 19.2 Å². The average molecular weight is 466 g/mol. The molecule has 0 unspecified atom stereocenters. The van der Waals surface area contributed by atoms with E-state index in [2.05, 4.69) is 21.2 Å². The highest BCUT2D eigenvalue weighted by Gasteiger charge is 2.15. The number of furan rings is 1. The Morgan fingerprint density at radius 2 is 1.60 bits per heavy atom. The fourth-order valence-electron chi connectivity index (χ4n) is 2.82. The number of amides is 1. The van der Waals surface area contributed by atoms with E-state index < -0.39 is 5.97 Å². The van der Waals surface area contributed by atoms with E-state index >= 15 is 0 Å². The van der Waals surface area contributed by atoms with Crippen molar-refractivity contribution >= 4 is 44.5 Å². The fraction of sp³-hybridized carbons (Fsp3) is 0.0435. The Balaban J connectivity index is 1.41. The number of benzene rings is 3. The van der Waals surface area contributed by atoms with Gasteiger partial charge in [-0.05, 0) is 72.8 Å². The molecule has 0 spiro atoms. The van der Waals surface area contributed by atoms with Crippen LogP contribution in [0, 0.1) is 0 Å². The Morgan fingerprint density at radius 3 is 2.30 bits per heavy atom. The number of halogens is 1. The van der Waals surface area contributed by atoms with Crippen LogP contribution in [0.2, 0.25) is 0 Å². The predicted molar refractivity (Wildman–Crippen MR) is 116 cm³/mol. The minimum Gasteiger partial charge on any atom is -0.497 e. The summed E-state index contributed by atoms with van der Waals surface area (Å²) in [7, 11) is 1.58. The summed E-state index contributed by atoms with van der Waals surface area (Å²) < 4.78 is 16.9. The molecule has 0 saturated carbocycles. The van der Waals surface area contributed by atoms with Crippen LogP contribution in [0.3, 0.4) is 0 Å². The zero-order valence-corrected chi connectivity index (χ0v) is 17.4. The molecule has 4 aromatic rings. The molecule has 1 heterocycles. The van der Waals surface area contributed by atoms with E-state index in [4.69, 9.17) is 13.9 Å². The van der Waals surface area contributed by atoms with Gasteiger partial charge in [0.1, 0.15) is 17.1 Å². The highest BCUT2D eigenvalue weighted by molar-refractivity contribution is 9.10. The number of hydrogen-bond donors (Lipinski definition) is 1. The van der Waals surface area contributed by atoms with Crippen molar-refractivity contribution in [2.45, 2.75) is 0 Å². The van der Waals surface area contributed by atoms with Crippen molar-refractivity contribution in [3.63, 3.8) is 0 Å². The molecule has 7 heteroatoms. The third-order valence-corrected chi connectivity index (χ3v) is 4.85. The number of esters is 1. The number of anilines is 1. The Kier molecular flexibility index (Phi) is 5.54. The van der Waals surface area contributed by atoms with Crippen molar-refractivity contribution in [3.8, 4) is 11.5 Å². The van der Waals surface area contributed by atoms with Crippen molar-refractivity contribution in [1.29, 1.82) is 0 Å². The SMILES string of the molecule is COc1ccc(NC(=O)c2ccc(OC(=O)c3cc4cc(Br)ccc4o3)cc2)cc1. The molecule has 0 bridgehead atoms. The molecule has 0 saturated heterocycles. The number of ether oxygens (including phenoxy) is 2. The number of nitrogens with one attached hydrogen (secondary N) is 1. The van der Waals surface area contributed by atoms with Crippen molar-refractivity contribution in [2.75, 3.05) is 12.4 Å². The third kappa shape index (κ3) is 4.36. The normalized spacial score (nSPS) is 10.6. The molecule has 0 fully saturated rings. The number of carbonyl (C=O) groups excluding carboxylic acids is 2. The molecule has 1 amide bonds. The summed E-state index contributed by atoms with van der Waals surface area (Å²) in [6.07, 6.45) is 0. The highest BCUT2D eigenvalue weighted by atomic mass is 79.9. The van der Waals surface area contributed by atoms with Gasteiger partial charge in [0, 0.05) is 21.1 Å². The van der Waals surface area contributed by atoms with Gasteiger partial charge >= 0.3 is 5.97 Å². The van der Waals surface area contributed by atoms with E-state index in [-0.39, 0.29) is 11.7 Å². The molecule has 0 atom stereocenters. The maximum absolute atomic E-state index is 12.4. The second kappa shape index (κ2) is 8.42. The van der Waals surface area contributed by atoms with Crippen molar-refractivity contribution in [3.05, 3.63) is 88.6 Å². The summed E-state index contributed by atoms with van der Waals surface area (Å²) >= 11 is 3.38. The van der Waals surface area contributed by atoms with E-state index in [9.17, 15) is 9.59 Å². The molecule has 0 aliphatic heterocycles. The maximum atomic E-state index is 12.4. The predicted octanol–water partition coefficient (Wildman–Crippen LogP) is 5.68. The van der Waals surface area contributed by atoms with Gasteiger partial charge in [0.15, 0.2) is 0 Å². The van der Waals surface area contributed by atoms with Crippen LogP contribution in [0.15, 0.2) is 81.7 Å². The number of rotatable bonds is 5. The van der Waals surface area contributed by atoms with Crippen LogP contribution in [0.5, 0.6) is 11.5 Å². The highest BCUT2D eigenvalue weighted by Crippen LogP contribution is 2.24. The molecule has 1 N–H and O–H groups in total. The topological polar surface area (TPSA) is 77.8 Å². The van der Waals surface area contributed by atoms with E-state index in [1.54, 1.807) is 67.8 Å². The molecule has 3 aromatic carbocycles. The molecule has 0 radical (unpaired) electrons. The quantitative estimate of drug-likeness (QED) is 0.303. The van der Waals surface area contributed by atoms with Crippen LogP contribution in [-0.2, 0) is 0 Å². The van der Waals surface area contributed by atoms with E-state index in [1.807, 2.05) is 12.1 Å². The minimum absolute atomic E-state index is 0.101. The smallest absolute Gasteiger partial charge is 0.379 e. The largest absolute Gasteiger partial charge is 0.497 e. The summed E-state index contributed by atoms with van der Waals surface area (Å²) in [4.78, 5) is 24.7. The van der Waals surface area contributed by atoms with Crippen LogP contribution in [0.25, 0.3) is 11.0 Å². The lowest BCUT2D eigenvalue weighted by atomic mass is 10.2. The van der Waals surface area contributed by atoms with Crippen molar-refractivity contribution in [2.24, 2.45) is 0 Å². The second-order valence-electron chi connectivity index (χ2n) is 6.39. The van der Waals surface area contributed by atoms with Gasteiger partial charge in [-0.25, -0.2) is 4.79 Å². The number of hydrogen-bond acceptors (Lipinski definition) is 5. The molecule has 0 aliphatic rings. The molecule has 150 valence electrons. The Labute approximate surface area is 180 Å². The molecule has 30 heavy (non-hydrogen) atoms. The van der Waals surface area contributed by atoms with Gasteiger partial charge in [-0.2, -0.15) is 0 Å². The zero-order valence-electron chi connectivity index (χ0n) is 15.8. The van der Waals surface area contributed by atoms with Gasteiger partial charge in [0.25, 0.3) is 5.91 Å². The Bertz CT molecular complexity index is 1210. The summed E-state index contributed by atoms with van der Waals surface area (Å²) in [5.74, 6) is 0.224. The monoisotopic (exact) mass is 465 g/mol. The summed E-state index contributed by atoms with van der Waals surface area (Å²) in [6, 6.07) is 20.4. The Morgan fingerprint density at radius 1 is 0.900 bits per heavy atom. The number of fused-ring (bicyclic) bond motifs is 1. The second-order valence-corrected chi connectivity index (χ2v) is 7.30. The lowest BCUT2D eigenvalue weighted by molar-refractivity contribution is 0.0704. The summed E-state index contributed by atoms with van der Waals surface area (Å²) in [5.41, 5.74) is 1.67. The lowest BCUT2D eigenvalue weighted by Gasteiger charge is -2.07. The van der Waals surface area contributed by atoms with Crippen LogP contribution < -0.4 is 14.8 Å². The fourth-order valence-corrected chi connectivity index (χ4v) is 3.20. The number of carbonyl (C=O) groups is 2. The van der Waals surface area contributed by atoms with Crippen molar-refractivity contribution in [1.82, 2.24) is 0 Å². The average Bonchev–Trinajstić information content (AvgIpc) is 3.18. The first-order chi connectivity index (χ1) is 14.5. The summed E-state index contributed by atoms with van der Waals surface area (Å²) in [6.45, 7) is 0. The lowest BCUT2D eigenvalue weighted by Crippen LogP contribution is -2.12. The maximum Gasteiger partial charge on any atom is 0.379 e. The standard InChI is InChI=1S/C23H16BrNO5/c1-28-18-9-5-17(6-10-18)25-22(26)14-2-7-19(8-3-14)29-23(27)21-13-15-12-16(24)4-11-20(15)30-21/h2-13H,1H3,(H,25,26). The first-order valence-corrected chi connectivity index (χ1v) is 9.78. The van der Waals surface area contributed by atoms with Gasteiger partial charge in [0.05, 0.1) is 7.11 Å². The van der Waals surface area contributed by atoms with Crippen LogP contribution in [0.1, 0.15) is 20.9 Å². The zero-order chi connectivity index (χ0) is 21.1. The van der Waals surface area contributed by atoms with E-state index in [0.717, 1.165) is 9.86 Å². The molecule has 1 aromatic heterocycles. The molecular formula is C23H16BrNO5. The molecular weight excluding hydrogens is 450 g/mol. The van der Waals surface area contributed by atoms with Gasteiger partial charge in [-0.1, -0.05) is 15.9 Å². The van der Waals surface area contributed by atoms with Crippen LogP contribution in [-0.4, -0.2) is 19.0 Å². The van der Waals surface area contributed by atoms with Gasteiger partial charge in [-0.15, -0.1) is 0 Å². The number of methoxy groups -OCH3 is 1. The van der Waals surface area contributed by atoms with Crippen LogP contribution >= 0.6 is 15.9 Å². The van der Waals surface area contributed by atoms with Gasteiger partial charge in [-0.3, -0.25) is 4.79 Å². The van der Waals surface area contributed by atoms with Crippen molar-refractivity contribution < 1.29 is 23.5 Å². The molecule has 0 aliphatic carbocycles. The third-order valence-electron chi connectivity index (χ3n) is 4.35. The van der Waals surface area contributed by atoms with Crippen LogP contribution in [0.4, 0.5) is 5.69 Å². The summed E-state index contributed by atoms with van der Waals surface area (Å²) in [5, 5.41) is 3.59. The molecule has 4 rings (SSSR count). The van der Waals surface area contributed by atoms with E-state index in [0.29, 0.717) is 28.3 Å².